The molecule has 0 aliphatic carbocycles. The summed E-state index contributed by atoms with van der Waals surface area (Å²) in [5.74, 6) is 0. The molecule has 70 heavy (non-hydrogen) atoms. The van der Waals surface area contributed by atoms with Gasteiger partial charge in [0.1, 0.15) is 0 Å². The Balaban J connectivity index is 1.13. The van der Waals surface area contributed by atoms with Gasteiger partial charge in [0, 0.05) is 80.0 Å². The van der Waals surface area contributed by atoms with Gasteiger partial charge in [-0.15, -0.1) is 0 Å². The number of nitrogens with zero attached hydrogens (tertiary/aromatic N) is 5. The molecule has 0 N–H and O–H groups in total. The Labute approximate surface area is 401 Å². The normalized spacial score (nSPS) is 12.0. The molecule has 10 aromatic carbocycles. The number of pyridine rings is 5. The third-order valence-corrected chi connectivity index (χ3v) is 14.5. The first-order chi connectivity index (χ1) is 34.7. The second-order valence-corrected chi connectivity index (χ2v) is 18.4. The number of benzene rings is 10. The topological polar surface area (TPSA) is 64.5 Å². The van der Waals surface area contributed by atoms with E-state index in [0.717, 1.165) is 142 Å². The summed E-state index contributed by atoms with van der Waals surface area (Å²) in [7, 11) is 0. The molecular weight excluding hydrogens is 851 g/mol. The molecule has 0 saturated carbocycles. The van der Waals surface area contributed by atoms with Gasteiger partial charge in [-0.25, -0.2) is 4.98 Å². The Morgan fingerprint density at radius 3 is 1.49 bits per heavy atom. The standard InChI is InChI=1S/C65H37N5/c1-2-13-44-33-53-45(31-43(44)12-1)27-30-67-62(53)48-32-46-23-24-52-54(58(46)55(34-48)63-60-41(25-28-68-63)20-17-39-10-4-7-15-50(39)60)35-57(56-37-66-36-47-22-19-38-9-3-6-14-49(38)59(47)56)70-64(52)65-61-42(26-29-69-65)21-18-40-11-5-8-16-51(40)61/h1-37H. The fourth-order valence-corrected chi connectivity index (χ4v) is 11.4. The molecule has 0 spiro atoms. The van der Waals surface area contributed by atoms with E-state index in [1.54, 1.807) is 0 Å². The highest BCUT2D eigenvalue weighted by Crippen LogP contribution is 2.46. The van der Waals surface area contributed by atoms with Gasteiger partial charge < -0.3 is 0 Å². The molecule has 0 aliphatic rings. The highest BCUT2D eigenvalue weighted by Gasteiger charge is 2.23. The van der Waals surface area contributed by atoms with E-state index < -0.39 is 0 Å². The molecule has 0 fully saturated rings. The maximum atomic E-state index is 5.75. The zero-order valence-corrected chi connectivity index (χ0v) is 37.6. The maximum absolute atomic E-state index is 5.75. The van der Waals surface area contributed by atoms with Crippen LogP contribution in [-0.4, -0.2) is 24.9 Å². The van der Waals surface area contributed by atoms with Crippen LogP contribution in [0, 0.1) is 0 Å². The van der Waals surface area contributed by atoms with Crippen molar-refractivity contribution in [1.82, 2.24) is 24.9 Å². The number of hydrogen-bond acceptors (Lipinski definition) is 5. The highest BCUT2D eigenvalue weighted by molar-refractivity contribution is 6.25. The fraction of sp³-hybridized carbons (Fsp3) is 0. The third-order valence-electron chi connectivity index (χ3n) is 14.5. The van der Waals surface area contributed by atoms with E-state index in [4.69, 9.17) is 24.9 Å². The first-order valence-electron chi connectivity index (χ1n) is 23.7. The van der Waals surface area contributed by atoms with Crippen molar-refractivity contribution in [2.24, 2.45) is 0 Å². The van der Waals surface area contributed by atoms with E-state index >= 15 is 0 Å². The lowest BCUT2D eigenvalue weighted by molar-refractivity contribution is 1.28. The lowest BCUT2D eigenvalue weighted by Crippen LogP contribution is -1.98. The second kappa shape index (κ2) is 15.0. The van der Waals surface area contributed by atoms with Crippen LogP contribution in [0.4, 0.5) is 0 Å². The highest BCUT2D eigenvalue weighted by atomic mass is 14.8. The van der Waals surface area contributed by atoms with Crippen LogP contribution < -0.4 is 0 Å². The van der Waals surface area contributed by atoms with Crippen molar-refractivity contribution in [2.45, 2.75) is 0 Å². The van der Waals surface area contributed by atoms with Crippen LogP contribution in [0.1, 0.15) is 0 Å². The van der Waals surface area contributed by atoms with Gasteiger partial charge in [0.25, 0.3) is 0 Å². The van der Waals surface area contributed by atoms with Gasteiger partial charge >= 0.3 is 0 Å². The Kier molecular flexibility index (Phi) is 8.29. The van der Waals surface area contributed by atoms with E-state index in [2.05, 4.69) is 194 Å². The lowest BCUT2D eigenvalue weighted by atomic mass is 9.88. The summed E-state index contributed by atoms with van der Waals surface area (Å²) >= 11 is 0. The summed E-state index contributed by atoms with van der Waals surface area (Å²) < 4.78 is 0. The van der Waals surface area contributed by atoms with Crippen molar-refractivity contribution in [3.8, 4) is 45.2 Å². The lowest BCUT2D eigenvalue weighted by Gasteiger charge is -2.19. The fourth-order valence-electron chi connectivity index (χ4n) is 11.4. The average molecular weight is 888 g/mol. The minimum atomic E-state index is 0.808. The summed E-state index contributed by atoms with van der Waals surface area (Å²) in [4.78, 5) is 26.4. The number of hydrogen-bond donors (Lipinski definition) is 0. The molecule has 0 atom stereocenters. The quantitative estimate of drug-likeness (QED) is 0.130. The van der Waals surface area contributed by atoms with E-state index in [1.807, 2.05) is 31.0 Å². The molecule has 0 aliphatic heterocycles. The van der Waals surface area contributed by atoms with Crippen LogP contribution in [0.15, 0.2) is 225 Å². The Morgan fingerprint density at radius 2 is 0.786 bits per heavy atom. The van der Waals surface area contributed by atoms with E-state index in [-0.39, 0.29) is 0 Å². The maximum Gasteiger partial charge on any atom is 0.0978 e. The molecule has 0 amide bonds. The van der Waals surface area contributed by atoms with Gasteiger partial charge in [-0.2, -0.15) is 0 Å². The van der Waals surface area contributed by atoms with E-state index in [1.165, 1.54) is 10.8 Å². The zero-order chi connectivity index (χ0) is 45.9. The van der Waals surface area contributed by atoms with Crippen molar-refractivity contribution in [1.29, 1.82) is 0 Å². The summed E-state index contributed by atoms with van der Waals surface area (Å²) in [5.41, 5.74) is 7.28. The first kappa shape index (κ1) is 38.6. The van der Waals surface area contributed by atoms with Crippen molar-refractivity contribution < 1.29 is 0 Å². The summed E-state index contributed by atoms with van der Waals surface area (Å²) in [6.45, 7) is 0. The average Bonchev–Trinajstić information content (AvgIpc) is 3.43. The van der Waals surface area contributed by atoms with Gasteiger partial charge in [0.15, 0.2) is 0 Å². The van der Waals surface area contributed by atoms with Gasteiger partial charge in [-0.1, -0.05) is 146 Å². The number of aromatic nitrogens is 5. The van der Waals surface area contributed by atoms with E-state index in [0.29, 0.717) is 0 Å². The molecule has 0 radical (unpaired) electrons. The molecule has 0 bridgehead atoms. The first-order valence-corrected chi connectivity index (χ1v) is 23.7. The molecule has 322 valence electrons. The predicted molar refractivity (Wildman–Crippen MR) is 292 cm³/mol. The van der Waals surface area contributed by atoms with Crippen molar-refractivity contribution in [3.05, 3.63) is 225 Å². The van der Waals surface area contributed by atoms with Crippen molar-refractivity contribution in [3.63, 3.8) is 0 Å². The molecule has 5 heteroatoms. The smallest absolute Gasteiger partial charge is 0.0978 e. The summed E-state index contributed by atoms with van der Waals surface area (Å²) in [6, 6.07) is 69.9. The van der Waals surface area contributed by atoms with E-state index in [9.17, 15) is 0 Å². The Morgan fingerprint density at radius 1 is 0.257 bits per heavy atom. The van der Waals surface area contributed by atoms with Gasteiger partial charge in [0.2, 0.25) is 0 Å². The minimum absolute atomic E-state index is 0.808. The monoisotopic (exact) mass is 887 g/mol. The SMILES string of the molecule is c1ccc2cc3c(-c4cc(-c5nccc6ccc7ccccc7c56)c5c(ccc6c(-c7nccc8ccc9ccccc9c78)nc(-c7cncc8ccc9ccccc9c78)cc65)c4)nccc3cc2c1. The number of rotatable bonds is 4. The second-order valence-electron chi connectivity index (χ2n) is 18.4. The van der Waals surface area contributed by atoms with Gasteiger partial charge in [-0.05, 0) is 124 Å². The third kappa shape index (κ3) is 5.82. The Bertz CT molecular complexity index is 4730. The molecule has 5 nitrogen and oxygen atoms in total. The van der Waals surface area contributed by atoms with Crippen LogP contribution >= 0.6 is 0 Å². The van der Waals surface area contributed by atoms with Crippen molar-refractivity contribution >= 4 is 108 Å². The molecule has 0 unspecified atom stereocenters. The largest absolute Gasteiger partial charge is 0.263 e. The predicted octanol–water partition coefficient (Wildman–Crippen LogP) is 16.9. The zero-order valence-electron chi connectivity index (χ0n) is 37.6. The van der Waals surface area contributed by atoms with Crippen LogP contribution in [0.2, 0.25) is 0 Å². The number of fused-ring (bicyclic) bond motifs is 14. The summed E-state index contributed by atoms with van der Waals surface area (Å²) in [6.07, 6.45) is 9.75. The molecule has 15 aromatic rings. The Hall–Kier alpha value is -9.45. The summed E-state index contributed by atoms with van der Waals surface area (Å²) in [5, 5.41) is 22.3. The molecule has 0 saturated heterocycles. The minimum Gasteiger partial charge on any atom is -0.263 e. The van der Waals surface area contributed by atoms with Gasteiger partial charge in [0.05, 0.1) is 28.5 Å². The molecule has 15 rings (SSSR count). The molecular formula is C65H37N5. The molecule has 5 heterocycles. The van der Waals surface area contributed by atoms with Crippen LogP contribution in [0.5, 0.6) is 0 Å². The van der Waals surface area contributed by atoms with Gasteiger partial charge in [-0.3, -0.25) is 19.9 Å². The molecule has 5 aromatic heterocycles. The van der Waals surface area contributed by atoms with Crippen LogP contribution in [0.25, 0.3) is 153 Å². The van der Waals surface area contributed by atoms with Crippen molar-refractivity contribution in [2.75, 3.05) is 0 Å². The van der Waals surface area contributed by atoms with Crippen LogP contribution in [0.3, 0.4) is 0 Å². The van der Waals surface area contributed by atoms with Crippen LogP contribution in [-0.2, 0) is 0 Å².